The first-order chi connectivity index (χ1) is 14.4. The summed E-state index contributed by atoms with van der Waals surface area (Å²) in [5.41, 5.74) is 3.45. The third-order valence-corrected chi connectivity index (χ3v) is 4.74. The first kappa shape index (κ1) is 21.3. The number of fused-ring (bicyclic) bond motifs is 1. The lowest BCUT2D eigenvalue weighted by molar-refractivity contribution is -0.150. The van der Waals surface area contributed by atoms with Gasteiger partial charge in [0.1, 0.15) is 6.04 Å². The van der Waals surface area contributed by atoms with E-state index in [1.165, 1.54) is 0 Å². The van der Waals surface area contributed by atoms with E-state index >= 15 is 0 Å². The average Bonchev–Trinajstić information content (AvgIpc) is 3.14. The van der Waals surface area contributed by atoms with Crippen molar-refractivity contribution in [3.05, 3.63) is 77.0 Å². The van der Waals surface area contributed by atoms with Gasteiger partial charge in [0.25, 0.3) is 11.8 Å². The van der Waals surface area contributed by atoms with Gasteiger partial charge < -0.3 is 15.4 Å². The quantitative estimate of drug-likeness (QED) is 0.660. The zero-order valence-electron chi connectivity index (χ0n) is 17.2. The van der Waals surface area contributed by atoms with Crippen LogP contribution in [-0.2, 0) is 20.7 Å². The molecular weight excluding hydrogens is 380 g/mol. The molecule has 30 heavy (non-hydrogen) atoms. The van der Waals surface area contributed by atoms with Crippen LogP contribution >= 0.6 is 0 Å². The maximum atomic E-state index is 12.5. The van der Waals surface area contributed by atoms with Gasteiger partial charge in [-0.1, -0.05) is 56.3 Å². The van der Waals surface area contributed by atoms with Crippen molar-refractivity contribution in [2.45, 2.75) is 32.7 Å². The molecule has 2 N–H and O–H groups in total. The zero-order valence-corrected chi connectivity index (χ0v) is 17.2. The minimum Gasteiger partial charge on any atom is -0.454 e. The van der Waals surface area contributed by atoms with Gasteiger partial charge in [-0.15, -0.1) is 0 Å². The van der Waals surface area contributed by atoms with Crippen LogP contribution in [0, 0.1) is 5.92 Å². The summed E-state index contributed by atoms with van der Waals surface area (Å²) in [7, 11) is 0. The number of carbonyl (C=O) groups is 3. The smallest absolute Gasteiger partial charge is 0.329 e. The Morgan fingerprint density at radius 2 is 1.70 bits per heavy atom. The molecule has 156 valence electrons. The molecule has 3 rings (SSSR count). The van der Waals surface area contributed by atoms with Crippen LogP contribution in [-0.4, -0.2) is 30.4 Å². The van der Waals surface area contributed by atoms with Gasteiger partial charge in [0.15, 0.2) is 6.61 Å². The van der Waals surface area contributed by atoms with Crippen LogP contribution in [0.4, 0.5) is 0 Å². The van der Waals surface area contributed by atoms with Gasteiger partial charge in [-0.05, 0) is 41.7 Å². The summed E-state index contributed by atoms with van der Waals surface area (Å²) in [6, 6.07) is 15.8. The maximum Gasteiger partial charge on any atom is 0.329 e. The van der Waals surface area contributed by atoms with Gasteiger partial charge in [0.05, 0.1) is 0 Å². The van der Waals surface area contributed by atoms with Crippen LogP contribution in [0.25, 0.3) is 6.08 Å². The van der Waals surface area contributed by atoms with Crippen molar-refractivity contribution >= 4 is 23.9 Å². The van der Waals surface area contributed by atoms with Crippen LogP contribution in [0.2, 0.25) is 0 Å². The van der Waals surface area contributed by atoms with E-state index in [0.717, 1.165) is 16.8 Å². The number of ether oxygens (including phenoxy) is 1. The molecule has 1 unspecified atom stereocenters. The van der Waals surface area contributed by atoms with E-state index in [1.807, 2.05) is 50.3 Å². The number of nitrogens with one attached hydrogen (secondary N) is 2. The summed E-state index contributed by atoms with van der Waals surface area (Å²) in [6.07, 6.45) is 2.97. The second-order valence-corrected chi connectivity index (χ2v) is 7.72. The molecule has 2 aromatic carbocycles. The highest BCUT2D eigenvalue weighted by molar-refractivity contribution is 5.97. The molecule has 2 amide bonds. The first-order valence-corrected chi connectivity index (χ1v) is 10.0. The Labute approximate surface area is 176 Å². The zero-order chi connectivity index (χ0) is 21.5. The predicted octanol–water partition coefficient (Wildman–Crippen LogP) is 3.09. The van der Waals surface area contributed by atoms with Crippen LogP contribution in [0.1, 0.15) is 41.8 Å². The highest BCUT2D eigenvalue weighted by Gasteiger charge is 2.25. The second-order valence-electron chi connectivity index (χ2n) is 7.72. The van der Waals surface area contributed by atoms with Gasteiger partial charge in [-0.3, -0.25) is 9.59 Å². The second kappa shape index (κ2) is 9.87. The molecule has 0 saturated carbocycles. The number of hydrogen-bond acceptors (Lipinski definition) is 4. The van der Waals surface area contributed by atoms with E-state index in [9.17, 15) is 14.4 Å². The van der Waals surface area contributed by atoms with E-state index in [2.05, 4.69) is 10.6 Å². The molecule has 0 spiro atoms. The number of benzene rings is 2. The molecule has 0 saturated heterocycles. The van der Waals surface area contributed by atoms with Crippen molar-refractivity contribution in [2.75, 3.05) is 6.61 Å². The molecular formula is C24H26N2O4. The highest BCUT2D eigenvalue weighted by Crippen LogP contribution is 2.22. The number of rotatable bonds is 8. The maximum absolute atomic E-state index is 12.5. The molecule has 2 aromatic rings. The number of carbonyl (C=O) groups excluding carboxylic acids is 3. The number of amides is 2. The Morgan fingerprint density at radius 1 is 1.00 bits per heavy atom. The van der Waals surface area contributed by atoms with Crippen molar-refractivity contribution < 1.29 is 19.1 Å². The van der Waals surface area contributed by atoms with Gasteiger partial charge in [0, 0.05) is 17.7 Å². The summed E-state index contributed by atoms with van der Waals surface area (Å²) in [6.45, 7) is 3.50. The van der Waals surface area contributed by atoms with Gasteiger partial charge >= 0.3 is 5.97 Å². The lowest BCUT2D eigenvalue weighted by Crippen LogP contribution is -2.43. The van der Waals surface area contributed by atoms with E-state index in [4.69, 9.17) is 4.74 Å². The molecule has 0 aromatic heterocycles. The third-order valence-electron chi connectivity index (χ3n) is 4.74. The van der Waals surface area contributed by atoms with Crippen LogP contribution < -0.4 is 10.6 Å². The van der Waals surface area contributed by atoms with Crippen molar-refractivity contribution in [2.24, 2.45) is 5.92 Å². The van der Waals surface area contributed by atoms with Crippen molar-refractivity contribution in [1.82, 2.24) is 10.6 Å². The lowest BCUT2D eigenvalue weighted by Gasteiger charge is -2.19. The van der Waals surface area contributed by atoms with Crippen LogP contribution in [0.5, 0.6) is 0 Å². The lowest BCUT2D eigenvalue weighted by atomic mass is 10.0. The fourth-order valence-electron chi connectivity index (χ4n) is 3.33. The molecule has 6 nitrogen and oxygen atoms in total. The molecule has 0 heterocycles. The van der Waals surface area contributed by atoms with Gasteiger partial charge in [-0.25, -0.2) is 4.79 Å². The summed E-state index contributed by atoms with van der Waals surface area (Å²) in [4.78, 5) is 37.2. The number of allylic oxidation sites excluding steroid dienone is 1. The summed E-state index contributed by atoms with van der Waals surface area (Å²) in [5.74, 6) is -1.21. The molecule has 0 fully saturated rings. The highest BCUT2D eigenvalue weighted by atomic mass is 16.5. The fourth-order valence-corrected chi connectivity index (χ4v) is 3.33. The first-order valence-electron chi connectivity index (χ1n) is 10.0. The van der Waals surface area contributed by atoms with E-state index in [1.54, 1.807) is 24.3 Å². The van der Waals surface area contributed by atoms with E-state index < -0.39 is 24.5 Å². The summed E-state index contributed by atoms with van der Waals surface area (Å²) < 4.78 is 5.20. The Kier molecular flexibility index (Phi) is 7.01. The van der Waals surface area contributed by atoms with Crippen molar-refractivity contribution in [3.63, 3.8) is 0 Å². The SMILES string of the molecule is CC(C)CC(NC(=O)c1ccccc1)C(=O)OCC(=O)NC1=Cc2ccccc2C1. The predicted molar refractivity (Wildman–Crippen MR) is 114 cm³/mol. The van der Waals surface area contributed by atoms with Crippen LogP contribution in [0.15, 0.2) is 60.3 Å². The number of hydrogen-bond donors (Lipinski definition) is 2. The van der Waals surface area contributed by atoms with E-state index in [-0.39, 0.29) is 11.8 Å². The molecule has 0 radical (unpaired) electrons. The summed E-state index contributed by atoms with van der Waals surface area (Å²) in [5, 5.41) is 5.50. The Morgan fingerprint density at radius 3 is 2.40 bits per heavy atom. The largest absolute Gasteiger partial charge is 0.454 e. The molecule has 1 atom stereocenters. The normalized spacial score (nSPS) is 13.2. The van der Waals surface area contributed by atoms with Gasteiger partial charge in [0.2, 0.25) is 0 Å². The molecule has 0 aliphatic heterocycles. The van der Waals surface area contributed by atoms with Crippen molar-refractivity contribution in [3.8, 4) is 0 Å². The van der Waals surface area contributed by atoms with Gasteiger partial charge in [-0.2, -0.15) is 0 Å². The molecule has 6 heteroatoms. The van der Waals surface area contributed by atoms with E-state index in [0.29, 0.717) is 18.4 Å². The Bertz CT molecular complexity index is 951. The minimum absolute atomic E-state index is 0.162. The third kappa shape index (κ3) is 5.80. The Hall–Kier alpha value is -3.41. The average molecular weight is 406 g/mol. The fraction of sp³-hybridized carbons (Fsp3) is 0.292. The monoisotopic (exact) mass is 406 g/mol. The Balaban J connectivity index is 1.52. The standard InChI is InChI=1S/C24H26N2O4/c1-16(2)12-21(26-23(28)17-8-4-3-5-9-17)24(29)30-15-22(27)25-20-13-18-10-6-7-11-19(18)14-20/h3-11,13,16,21H,12,14-15H2,1-2H3,(H,25,27)(H,26,28). The van der Waals surface area contributed by atoms with Crippen LogP contribution in [0.3, 0.4) is 0 Å². The molecule has 1 aliphatic carbocycles. The molecule has 1 aliphatic rings. The summed E-state index contributed by atoms with van der Waals surface area (Å²) >= 11 is 0. The minimum atomic E-state index is -0.819. The van der Waals surface area contributed by atoms with Crippen molar-refractivity contribution in [1.29, 1.82) is 0 Å². The number of esters is 1. The topological polar surface area (TPSA) is 84.5 Å². The molecule has 0 bridgehead atoms.